The average Bonchev–Trinajstić information content (AvgIpc) is 3.39. The van der Waals surface area contributed by atoms with Crippen molar-refractivity contribution in [1.29, 1.82) is 0 Å². The number of hydrogen-bond donors (Lipinski definition) is 2. The fraction of sp³-hybridized carbons (Fsp3) is 0.600. The molecule has 1 aromatic rings. The number of likely N-dealkylation sites (tertiary alicyclic amines) is 1. The Bertz CT molecular complexity index is 624. The van der Waals surface area contributed by atoms with Gasteiger partial charge in [0.05, 0.1) is 6.10 Å². The highest BCUT2D eigenvalue weighted by Gasteiger charge is 2.39. The third-order valence-corrected chi connectivity index (χ3v) is 5.28. The summed E-state index contributed by atoms with van der Waals surface area (Å²) in [5.41, 5.74) is 6.88. The van der Waals surface area contributed by atoms with Crippen LogP contribution in [0.1, 0.15) is 43.0 Å². The van der Waals surface area contributed by atoms with Crippen molar-refractivity contribution in [3.05, 3.63) is 29.8 Å². The Morgan fingerprint density at radius 2 is 1.88 bits per heavy atom. The van der Waals surface area contributed by atoms with Gasteiger partial charge in [0.15, 0.2) is 0 Å². The lowest BCUT2D eigenvalue weighted by molar-refractivity contribution is -0.117. The topological polar surface area (TPSA) is 84.7 Å². The van der Waals surface area contributed by atoms with Crippen LogP contribution in [-0.4, -0.2) is 49.1 Å². The van der Waals surface area contributed by atoms with Gasteiger partial charge in [0.2, 0.25) is 5.91 Å². The van der Waals surface area contributed by atoms with Crippen molar-refractivity contribution in [2.45, 2.75) is 38.7 Å². The number of anilines is 1. The summed E-state index contributed by atoms with van der Waals surface area (Å²) >= 11 is 0. The Hall–Kier alpha value is -1.92. The summed E-state index contributed by atoms with van der Waals surface area (Å²) in [5, 5.41) is 2.92. The van der Waals surface area contributed by atoms with Crippen LogP contribution in [-0.2, 0) is 9.53 Å². The van der Waals surface area contributed by atoms with Crippen molar-refractivity contribution in [3.8, 4) is 0 Å². The molecule has 1 saturated carbocycles. The van der Waals surface area contributed by atoms with E-state index >= 15 is 0 Å². The number of nitrogens with one attached hydrogen (secondary N) is 1. The lowest BCUT2D eigenvalue weighted by Crippen LogP contribution is -2.41. The number of carbonyl (C=O) groups excluding carboxylic acids is 2. The number of rotatable bonds is 7. The van der Waals surface area contributed by atoms with Gasteiger partial charge in [0, 0.05) is 36.9 Å². The highest BCUT2D eigenvalue weighted by atomic mass is 16.5. The Morgan fingerprint density at radius 3 is 2.46 bits per heavy atom. The summed E-state index contributed by atoms with van der Waals surface area (Å²) in [7, 11) is 0. The van der Waals surface area contributed by atoms with E-state index in [4.69, 9.17) is 10.5 Å². The maximum Gasteiger partial charge on any atom is 0.253 e. The largest absolute Gasteiger partial charge is 0.378 e. The van der Waals surface area contributed by atoms with Crippen LogP contribution < -0.4 is 11.1 Å². The van der Waals surface area contributed by atoms with Gasteiger partial charge in [-0.1, -0.05) is 6.92 Å². The first kappa shape index (κ1) is 18.9. The third kappa shape index (κ3) is 4.83. The van der Waals surface area contributed by atoms with Crippen LogP contribution >= 0.6 is 0 Å². The first-order valence-electron chi connectivity index (χ1n) is 9.60. The van der Waals surface area contributed by atoms with Crippen LogP contribution in [0.15, 0.2) is 24.3 Å². The highest BCUT2D eigenvalue weighted by molar-refractivity contribution is 5.97. The summed E-state index contributed by atoms with van der Waals surface area (Å²) in [6.07, 6.45) is 3.80. The van der Waals surface area contributed by atoms with E-state index in [0.717, 1.165) is 31.4 Å². The molecule has 0 aromatic heterocycles. The van der Waals surface area contributed by atoms with Crippen molar-refractivity contribution < 1.29 is 14.3 Å². The van der Waals surface area contributed by atoms with E-state index in [0.29, 0.717) is 37.7 Å². The average molecular weight is 359 g/mol. The molecule has 2 aliphatic rings. The monoisotopic (exact) mass is 359 g/mol. The van der Waals surface area contributed by atoms with Crippen molar-refractivity contribution in [1.82, 2.24) is 4.90 Å². The third-order valence-electron chi connectivity index (χ3n) is 5.28. The second-order valence-corrected chi connectivity index (χ2v) is 7.39. The number of nitrogens with two attached hydrogens (primary N) is 1. The predicted molar refractivity (Wildman–Crippen MR) is 101 cm³/mol. The predicted octanol–water partition coefficient (Wildman–Crippen LogP) is 2.25. The first-order chi connectivity index (χ1) is 12.6. The van der Waals surface area contributed by atoms with Gasteiger partial charge in [0.1, 0.15) is 0 Å². The Morgan fingerprint density at radius 1 is 1.23 bits per heavy atom. The number of benzene rings is 1. The maximum atomic E-state index is 12.6. The summed E-state index contributed by atoms with van der Waals surface area (Å²) in [6.45, 7) is 4.85. The molecule has 0 radical (unpaired) electrons. The first-order valence-corrected chi connectivity index (χ1v) is 9.60. The van der Waals surface area contributed by atoms with Crippen LogP contribution in [0.2, 0.25) is 0 Å². The molecule has 1 saturated heterocycles. The van der Waals surface area contributed by atoms with Crippen molar-refractivity contribution in [2.75, 3.05) is 31.6 Å². The summed E-state index contributed by atoms with van der Waals surface area (Å²) < 4.78 is 5.78. The molecule has 3 rings (SSSR count). The lowest BCUT2D eigenvalue weighted by Gasteiger charge is -2.32. The molecule has 3 N–H and O–H groups in total. The zero-order chi connectivity index (χ0) is 18.5. The van der Waals surface area contributed by atoms with Gasteiger partial charge in [-0.05, 0) is 62.4 Å². The van der Waals surface area contributed by atoms with Gasteiger partial charge in [0.25, 0.3) is 5.91 Å². The van der Waals surface area contributed by atoms with Crippen molar-refractivity contribution in [2.24, 2.45) is 17.6 Å². The molecule has 142 valence electrons. The second kappa shape index (κ2) is 8.64. The maximum absolute atomic E-state index is 12.6. The Labute approximate surface area is 155 Å². The number of amides is 2. The minimum absolute atomic E-state index is 0.0408. The summed E-state index contributed by atoms with van der Waals surface area (Å²) in [5.74, 6) is 0.745. The summed E-state index contributed by atoms with van der Waals surface area (Å²) in [4.78, 5) is 26.5. The molecule has 1 aliphatic heterocycles. The van der Waals surface area contributed by atoms with E-state index < -0.39 is 0 Å². The minimum Gasteiger partial charge on any atom is -0.378 e. The standard InChI is InChI=1S/C20H29N3O3/c1-14-13-18(14)19(24)22-16-5-3-15(4-6-16)20(25)23-10-7-17(8-11-23)26-12-2-9-21/h3-6,14,17-18H,2,7-13,21H2,1H3,(H,22,24). The van der Waals surface area contributed by atoms with Crippen LogP contribution in [0, 0.1) is 11.8 Å². The molecule has 0 bridgehead atoms. The number of hydrogen-bond acceptors (Lipinski definition) is 4. The number of piperidine rings is 1. The van der Waals surface area contributed by atoms with Crippen molar-refractivity contribution in [3.63, 3.8) is 0 Å². The fourth-order valence-corrected chi connectivity index (χ4v) is 3.36. The molecule has 1 aromatic carbocycles. The van der Waals surface area contributed by atoms with E-state index in [1.807, 2.05) is 4.90 Å². The SMILES string of the molecule is CC1CC1C(=O)Nc1ccc(C(=O)N2CCC(OCCCN)CC2)cc1. The van der Waals surface area contributed by atoms with Gasteiger partial charge in [-0.3, -0.25) is 9.59 Å². The molecule has 2 atom stereocenters. The smallest absolute Gasteiger partial charge is 0.253 e. The summed E-state index contributed by atoms with van der Waals surface area (Å²) in [6, 6.07) is 7.19. The molecule has 26 heavy (non-hydrogen) atoms. The molecular weight excluding hydrogens is 330 g/mol. The number of nitrogens with zero attached hydrogens (tertiary/aromatic N) is 1. The molecule has 6 heteroatoms. The quantitative estimate of drug-likeness (QED) is 0.731. The molecule has 2 fully saturated rings. The van der Waals surface area contributed by atoms with Crippen LogP contribution in [0.5, 0.6) is 0 Å². The van der Waals surface area contributed by atoms with Crippen LogP contribution in [0.25, 0.3) is 0 Å². The second-order valence-electron chi connectivity index (χ2n) is 7.39. The lowest BCUT2D eigenvalue weighted by atomic mass is 10.1. The molecule has 1 heterocycles. The van der Waals surface area contributed by atoms with E-state index in [2.05, 4.69) is 12.2 Å². The highest BCUT2D eigenvalue weighted by Crippen LogP contribution is 2.38. The van der Waals surface area contributed by atoms with E-state index in [-0.39, 0.29) is 23.8 Å². The van der Waals surface area contributed by atoms with Crippen LogP contribution in [0.3, 0.4) is 0 Å². The van der Waals surface area contributed by atoms with E-state index in [9.17, 15) is 9.59 Å². The zero-order valence-electron chi connectivity index (χ0n) is 15.4. The fourth-order valence-electron chi connectivity index (χ4n) is 3.36. The van der Waals surface area contributed by atoms with Gasteiger partial charge in [-0.2, -0.15) is 0 Å². The molecule has 2 amide bonds. The minimum atomic E-state index is 0.0408. The number of carbonyl (C=O) groups is 2. The molecule has 0 spiro atoms. The van der Waals surface area contributed by atoms with Crippen LogP contribution in [0.4, 0.5) is 5.69 Å². The Kier molecular flexibility index (Phi) is 6.27. The normalized spacial score (nSPS) is 22.9. The van der Waals surface area contributed by atoms with Gasteiger partial charge >= 0.3 is 0 Å². The Balaban J connectivity index is 1.47. The number of ether oxygens (including phenoxy) is 1. The molecular formula is C20H29N3O3. The van der Waals surface area contributed by atoms with E-state index in [1.165, 1.54) is 0 Å². The van der Waals surface area contributed by atoms with Gasteiger partial charge in [-0.25, -0.2) is 0 Å². The van der Waals surface area contributed by atoms with Gasteiger partial charge < -0.3 is 20.7 Å². The molecule has 1 aliphatic carbocycles. The van der Waals surface area contributed by atoms with Gasteiger partial charge in [-0.15, -0.1) is 0 Å². The molecule has 6 nitrogen and oxygen atoms in total. The van der Waals surface area contributed by atoms with Crippen molar-refractivity contribution >= 4 is 17.5 Å². The zero-order valence-corrected chi connectivity index (χ0v) is 15.4. The molecule has 2 unspecified atom stereocenters. The van der Waals surface area contributed by atoms with E-state index in [1.54, 1.807) is 24.3 Å².